The fourth-order valence-corrected chi connectivity index (χ4v) is 2.53. The van der Waals surface area contributed by atoms with Gasteiger partial charge in [-0.3, -0.25) is 9.59 Å². The summed E-state index contributed by atoms with van der Waals surface area (Å²) in [5.41, 5.74) is 5.57. The Balaban J connectivity index is 2.26. The van der Waals surface area contributed by atoms with Crippen molar-refractivity contribution in [2.45, 2.75) is 59.4 Å². The molecule has 1 saturated heterocycles. The molecule has 1 rings (SSSR count). The molecular formula is C16H31N3O2. The first-order valence-corrected chi connectivity index (χ1v) is 8.03. The van der Waals surface area contributed by atoms with Crippen LogP contribution in [0, 0.1) is 11.3 Å². The van der Waals surface area contributed by atoms with Gasteiger partial charge in [-0.15, -0.1) is 0 Å². The van der Waals surface area contributed by atoms with Crippen LogP contribution in [0.15, 0.2) is 0 Å². The molecule has 0 spiro atoms. The SMILES string of the molecule is CC(N)C1CCCN(C(=O)CCCNC(=O)C(C)(C)C)C1. The highest BCUT2D eigenvalue weighted by Gasteiger charge is 2.25. The van der Waals surface area contributed by atoms with Crippen LogP contribution in [0.1, 0.15) is 53.4 Å². The summed E-state index contributed by atoms with van der Waals surface area (Å²) >= 11 is 0. The minimum atomic E-state index is -0.374. The van der Waals surface area contributed by atoms with Crippen molar-refractivity contribution in [2.75, 3.05) is 19.6 Å². The molecule has 2 unspecified atom stereocenters. The minimum Gasteiger partial charge on any atom is -0.356 e. The number of nitrogens with two attached hydrogens (primary N) is 1. The second-order valence-electron chi connectivity index (χ2n) is 7.21. The van der Waals surface area contributed by atoms with E-state index >= 15 is 0 Å². The topological polar surface area (TPSA) is 75.4 Å². The predicted octanol–water partition coefficient (Wildman–Crippen LogP) is 1.51. The van der Waals surface area contributed by atoms with Gasteiger partial charge in [-0.1, -0.05) is 20.8 Å². The third-order valence-electron chi connectivity index (χ3n) is 4.09. The van der Waals surface area contributed by atoms with Crippen LogP contribution in [-0.2, 0) is 9.59 Å². The number of hydrogen-bond acceptors (Lipinski definition) is 3. The Hall–Kier alpha value is -1.10. The summed E-state index contributed by atoms with van der Waals surface area (Å²) in [6.45, 7) is 9.86. The summed E-state index contributed by atoms with van der Waals surface area (Å²) in [7, 11) is 0. The highest BCUT2D eigenvalue weighted by Crippen LogP contribution is 2.19. The number of nitrogens with one attached hydrogen (secondary N) is 1. The van der Waals surface area contributed by atoms with E-state index in [1.54, 1.807) is 0 Å². The van der Waals surface area contributed by atoms with E-state index in [-0.39, 0.29) is 23.3 Å². The molecular weight excluding hydrogens is 266 g/mol. The number of hydrogen-bond donors (Lipinski definition) is 2. The van der Waals surface area contributed by atoms with Gasteiger partial charge >= 0.3 is 0 Å². The second kappa shape index (κ2) is 7.78. The molecule has 5 nitrogen and oxygen atoms in total. The number of nitrogens with zero attached hydrogens (tertiary/aromatic N) is 1. The van der Waals surface area contributed by atoms with Gasteiger partial charge in [0.1, 0.15) is 0 Å². The summed E-state index contributed by atoms with van der Waals surface area (Å²) in [5.74, 6) is 0.638. The first-order chi connectivity index (χ1) is 9.71. The zero-order valence-corrected chi connectivity index (χ0v) is 13.9. The normalized spacial score (nSPS) is 21.0. The van der Waals surface area contributed by atoms with E-state index in [4.69, 9.17) is 5.73 Å². The number of amides is 2. The van der Waals surface area contributed by atoms with E-state index in [1.807, 2.05) is 32.6 Å². The maximum atomic E-state index is 12.2. The smallest absolute Gasteiger partial charge is 0.225 e. The summed E-state index contributed by atoms with van der Waals surface area (Å²) in [6, 6.07) is 0.145. The summed E-state index contributed by atoms with van der Waals surface area (Å²) in [4.78, 5) is 25.8. The van der Waals surface area contributed by atoms with E-state index in [2.05, 4.69) is 5.32 Å². The third-order valence-corrected chi connectivity index (χ3v) is 4.09. The van der Waals surface area contributed by atoms with E-state index in [1.165, 1.54) is 0 Å². The molecule has 0 bridgehead atoms. The first-order valence-electron chi connectivity index (χ1n) is 8.03. The van der Waals surface area contributed by atoms with Gasteiger partial charge in [0.15, 0.2) is 0 Å². The van der Waals surface area contributed by atoms with Crippen molar-refractivity contribution in [3.8, 4) is 0 Å². The highest BCUT2D eigenvalue weighted by atomic mass is 16.2. The fraction of sp³-hybridized carbons (Fsp3) is 0.875. The number of carbonyl (C=O) groups excluding carboxylic acids is 2. The maximum absolute atomic E-state index is 12.2. The van der Waals surface area contributed by atoms with Crippen LogP contribution in [0.5, 0.6) is 0 Å². The molecule has 1 aliphatic heterocycles. The summed E-state index contributed by atoms with van der Waals surface area (Å²) in [5, 5.41) is 2.88. The van der Waals surface area contributed by atoms with E-state index in [0.717, 1.165) is 25.9 Å². The van der Waals surface area contributed by atoms with Gasteiger partial charge in [-0.2, -0.15) is 0 Å². The van der Waals surface area contributed by atoms with Crippen molar-refractivity contribution in [3.05, 3.63) is 0 Å². The van der Waals surface area contributed by atoms with Crippen molar-refractivity contribution < 1.29 is 9.59 Å². The fourth-order valence-electron chi connectivity index (χ4n) is 2.53. The molecule has 0 aromatic rings. The quantitative estimate of drug-likeness (QED) is 0.755. The lowest BCUT2D eigenvalue weighted by Crippen LogP contribution is -2.45. The van der Waals surface area contributed by atoms with Crippen molar-refractivity contribution >= 4 is 11.8 Å². The van der Waals surface area contributed by atoms with Crippen molar-refractivity contribution in [2.24, 2.45) is 17.1 Å². The van der Waals surface area contributed by atoms with E-state index < -0.39 is 0 Å². The predicted molar refractivity (Wildman–Crippen MR) is 84.7 cm³/mol. The molecule has 0 aromatic heterocycles. The zero-order chi connectivity index (χ0) is 16.0. The highest BCUT2D eigenvalue weighted by molar-refractivity contribution is 5.81. The standard InChI is InChI=1S/C16H31N3O2/c1-12(17)13-7-6-10-19(11-13)14(20)8-5-9-18-15(21)16(2,3)4/h12-13H,5-11,17H2,1-4H3,(H,18,21). The molecule has 0 aromatic carbocycles. The average molecular weight is 297 g/mol. The summed E-state index contributed by atoms with van der Waals surface area (Å²) < 4.78 is 0. The lowest BCUT2D eigenvalue weighted by molar-refractivity contribution is -0.133. The number of carbonyl (C=O) groups is 2. The van der Waals surface area contributed by atoms with Crippen LogP contribution in [0.3, 0.4) is 0 Å². The minimum absolute atomic E-state index is 0.0324. The first kappa shape index (κ1) is 18.0. The number of rotatable bonds is 5. The molecule has 0 radical (unpaired) electrons. The Bertz CT molecular complexity index is 361. The largest absolute Gasteiger partial charge is 0.356 e. The average Bonchev–Trinajstić information content (AvgIpc) is 2.42. The number of piperidine rings is 1. The van der Waals surface area contributed by atoms with Gasteiger partial charge in [-0.25, -0.2) is 0 Å². The molecule has 1 heterocycles. The molecule has 3 N–H and O–H groups in total. The molecule has 0 aliphatic carbocycles. The van der Waals surface area contributed by atoms with Crippen LogP contribution in [0.4, 0.5) is 0 Å². The van der Waals surface area contributed by atoms with Crippen molar-refractivity contribution in [1.29, 1.82) is 0 Å². The molecule has 1 aliphatic rings. The lowest BCUT2D eigenvalue weighted by atomic mass is 9.92. The summed E-state index contributed by atoms with van der Waals surface area (Å²) in [6.07, 6.45) is 3.35. The van der Waals surface area contributed by atoms with Crippen LogP contribution in [-0.4, -0.2) is 42.4 Å². The zero-order valence-electron chi connectivity index (χ0n) is 13.9. The molecule has 21 heavy (non-hydrogen) atoms. The van der Waals surface area contributed by atoms with Crippen LogP contribution in [0.25, 0.3) is 0 Å². The number of likely N-dealkylation sites (tertiary alicyclic amines) is 1. The molecule has 0 saturated carbocycles. The van der Waals surface area contributed by atoms with Gasteiger partial charge in [0.05, 0.1) is 0 Å². The molecule has 1 fully saturated rings. The van der Waals surface area contributed by atoms with Crippen molar-refractivity contribution in [3.63, 3.8) is 0 Å². The Kier molecular flexibility index (Phi) is 6.65. The molecule has 2 atom stereocenters. The Morgan fingerprint density at radius 3 is 2.62 bits per heavy atom. The molecule has 2 amide bonds. The Morgan fingerprint density at radius 1 is 1.38 bits per heavy atom. The second-order valence-corrected chi connectivity index (χ2v) is 7.21. The molecule has 5 heteroatoms. The van der Waals surface area contributed by atoms with Gasteiger partial charge in [0.2, 0.25) is 11.8 Å². The van der Waals surface area contributed by atoms with Gasteiger partial charge in [0.25, 0.3) is 0 Å². The van der Waals surface area contributed by atoms with Gasteiger partial charge in [-0.05, 0) is 32.1 Å². The van der Waals surface area contributed by atoms with E-state index in [9.17, 15) is 9.59 Å². The van der Waals surface area contributed by atoms with Crippen LogP contribution in [0.2, 0.25) is 0 Å². The monoisotopic (exact) mass is 297 g/mol. The van der Waals surface area contributed by atoms with Crippen LogP contribution >= 0.6 is 0 Å². The maximum Gasteiger partial charge on any atom is 0.225 e. The Morgan fingerprint density at radius 2 is 2.05 bits per heavy atom. The van der Waals surface area contributed by atoms with Crippen molar-refractivity contribution in [1.82, 2.24) is 10.2 Å². The van der Waals surface area contributed by atoms with Gasteiger partial charge < -0.3 is 16.0 Å². The lowest BCUT2D eigenvalue weighted by Gasteiger charge is -2.34. The molecule has 122 valence electrons. The van der Waals surface area contributed by atoms with E-state index in [0.29, 0.717) is 25.3 Å². The third kappa shape index (κ3) is 6.04. The van der Waals surface area contributed by atoms with Gasteiger partial charge in [0, 0.05) is 37.5 Å². The Labute approximate surface area is 128 Å². The van der Waals surface area contributed by atoms with Crippen LogP contribution < -0.4 is 11.1 Å².